The van der Waals surface area contributed by atoms with Crippen molar-refractivity contribution < 1.29 is 12.8 Å². The van der Waals surface area contributed by atoms with Crippen LogP contribution >= 0.6 is 0 Å². The molecule has 4 aromatic rings. The summed E-state index contributed by atoms with van der Waals surface area (Å²) in [7, 11) is -3.79. The van der Waals surface area contributed by atoms with E-state index in [4.69, 9.17) is 5.14 Å². The number of nitrogens with zero attached hydrogens (tertiary/aromatic N) is 3. The second kappa shape index (κ2) is 6.99. The second-order valence-electron chi connectivity index (χ2n) is 6.09. The van der Waals surface area contributed by atoms with E-state index in [1.54, 1.807) is 35.1 Å². The van der Waals surface area contributed by atoms with Crippen LogP contribution in [0.3, 0.4) is 0 Å². The third-order valence-electron chi connectivity index (χ3n) is 4.19. The number of halogens is 1. The van der Waals surface area contributed by atoms with E-state index in [-0.39, 0.29) is 10.7 Å². The Hall–Kier alpha value is -3.36. The van der Waals surface area contributed by atoms with Crippen LogP contribution in [-0.4, -0.2) is 23.2 Å². The predicted octanol–water partition coefficient (Wildman–Crippen LogP) is 3.39. The Kier molecular flexibility index (Phi) is 4.50. The number of benzene rings is 2. The highest BCUT2D eigenvalue weighted by atomic mass is 32.2. The molecule has 0 spiro atoms. The van der Waals surface area contributed by atoms with Gasteiger partial charge in [0.2, 0.25) is 10.0 Å². The average Bonchev–Trinajstić information content (AvgIpc) is 3.14. The van der Waals surface area contributed by atoms with Crippen LogP contribution in [0.2, 0.25) is 0 Å². The third kappa shape index (κ3) is 3.55. The molecule has 8 heteroatoms. The molecule has 0 aliphatic rings. The summed E-state index contributed by atoms with van der Waals surface area (Å²) in [5.74, 6) is -0.336. The molecule has 0 fully saturated rings. The first kappa shape index (κ1) is 18.0. The van der Waals surface area contributed by atoms with Crippen molar-refractivity contribution in [3.63, 3.8) is 0 Å². The minimum absolute atomic E-state index is 0.0108. The minimum atomic E-state index is -3.79. The van der Waals surface area contributed by atoms with Crippen LogP contribution in [0.25, 0.3) is 28.3 Å². The molecule has 28 heavy (non-hydrogen) atoms. The summed E-state index contributed by atoms with van der Waals surface area (Å²) in [6, 6.07) is 19.5. The lowest BCUT2D eigenvalue weighted by Crippen LogP contribution is -2.12. The van der Waals surface area contributed by atoms with E-state index in [9.17, 15) is 12.8 Å². The van der Waals surface area contributed by atoms with Gasteiger partial charge in [-0.15, -0.1) is 0 Å². The van der Waals surface area contributed by atoms with Crippen LogP contribution in [0, 0.1) is 5.82 Å². The van der Waals surface area contributed by atoms with Gasteiger partial charge in [0, 0.05) is 11.8 Å². The van der Waals surface area contributed by atoms with Crippen molar-refractivity contribution in [2.75, 3.05) is 0 Å². The number of pyridine rings is 1. The Morgan fingerprint density at radius 3 is 2.21 bits per heavy atom. The first-order valence-electron chi connectivity index (χ1n) is 8.32. The number of nitrogens with two attached hydrogens (primary N) is 1. The number of aromatic nitrogens is 3. The molecule has 0 amide bonds. The van der Waals surface area contributed by atoms with Gasteiger partial charge in [-0.1, -0.05) is 6.07 Å². The zero-order valence-corrected chi connectivity index (χ0v) is 15.3. The number of rotatable bonds is 4. The summed E-state index contributed by atoms with van der Waals surface area (Å²) in [6.07, 6.45) is 1.67. The second-order valence-corrected chi connectivity index (χ2v) is 7.65. The van der Waals surface area contributed by atoms with Crippen LogP contribution < -0.4 is 5.14 Å². The van der Waals surface area contributed by atoms with E-state index in [2.05, 4.69) is 10.1 Å². The maximum absolute atomic E-state index is 13.4. The Balaban J connectivity index is 1.87. The molecule has 0 aliphatic heterocycles. The fourth-order valence-electron chi connectivity index (χ4n) is 2.82. The van der Waals surface area contributed by atoms with Crippen LogP contribution in [0.5, 0.6) is 0 Å². The van der Waals surface area contributed by atoms with Crippen molar-refractivity contribution >= 4 is 10.0 Å². The van der Waals surface area contributed by atoms with Crippen LogP contribution in [0.15, 0.2) is 83.9 Å². The fraction of sp³-hybridized carbons (Fsp3) is 0. The van der Waals surface area contributed by atoms with Gasteiger partial charge >= 0.3 is 0 Å². The van der Waals surface area contributed by atoms with Gasteiger partial charge < -0.3 is 0 Å². The molecule has 0 bridgehead atoms. The summed E-state index contributed by atoms with van der Waals surface area (Å²) in [5.41, 5.74) is 3.42. The molecular weight excluding hydrogens is 379 g/mol. The van der Waals surface area contributed by atoms with Crippen molar-refractivity contribution in [3.05, 3.63) is 84.8 Å². The van der Waals surface area contributed by atoms with E-state index >= 15 is 0 Å². The molecule has 2 aromatic heterocycles. The normalized spacial score (nSPS) is 11.5. The molecule has 2 N–H and O–H groups in total. The number of primary sulfonamides is 1. The summed E-state index contributed by atoms with van der Waals surface area (Å²) in [6.45, 7) is 0. The smallest absolute Gasteiger partial charge is 0.238 e. The molecule has 0 aliphatic carbocycles. The highest BCUT2D eigenvalue weighted by Crippen LogP contribution is 2.28. The van der Waals surface area contributed by atoms with Crippen molar-refractivity contribution in [2.45, 2.75) is 4.90 Å². The van der Waals surface area contributed by atoms with Crippen LogP contribution in [-0.2, 0) is 10.0 Å². The SMILES string of the molecule is NS(=O)(=O)c1ccc(-n2nc(-c3ccccn3)cc2-c2ccc(F)cc2)cc1. The standard InChI is InChI=1S/C20H15FN4O2S/c21-15-6-4-14(5-7-15)20-13-19(18-3-1-2-12-23-18)24-25(20)16-8-10-17(11-9-16)28(22,26)27/h1-13H,(H2,22,26,27). The fourth-order valence-corrected chi connectivity index (χ4v) is 3.34. The van der Waals surface area contributed by atoms with Crippen molar-refractivity contribution in [1.82, 2.24) is 14.8 Å². The van der Waals surface area contributed by atoms with E-state index in [1.807, 2.05) is 24.3 Å². The summed E-state index contributed by atoms with van der Waals surface area (Å²) >= 11 is 0. The maximum Gasteiger partial charge on any atom is 0.238 e. The lowest BCUT2D eigenvalue weighted by Gasteiger charge is -2.08. The predicted molar refractivity (Wildman–Crippen MR) is 104 cm³/mol. The van der Waals surface area contributed by atoms with Gasteiger partial charge in [0.05, 0.1) is 22.0 Å². The van der Waals surface area contributed by atoms with Gasteiger partial charge in [0.15, 0.2) is 0 Å². The van der Waals surface area contributed by atoms with Gasteiger partial charge in [0.25, 0.3) is 0 Å². The molecule has 4 rings (SSSR count). The zero-order valence-electron chi connectivity index (χ0n) is 14.5. The minimum Gasteiger partial charge on any atom is -0.255 e. The van der Waals surface area contributed by atoms with Gasteiger partial charge in [-0.05, 0) is 66.7 Å². The van der Waals surface area contributed by atoms with Gasteiger partial charge in [-0.3, -0.25) is 4.98 Å². The van der Waals surface area contributed by atoms with E-state index < -0.39 is 10.0 Å². The van der Waals surface area contributed by atoms with E-state index in [0.717, 1.165) is 5.56 Å². The highest BCUT2D eigenvalue weighted by Gasteiger charge is 2.15. The number of sulfonamides is 1. The topological polar surface area (TPSA) is 90.9 Å². The molecule has 0 atom stereocenters. The van der Waals surface area contributed by atoms with Gasteiger partial charge in [0.1, 0.15) is 11.5 Å². The lowest BCUT2D eigenvalue weighted by atomic mass is 10.1. The summed E-state index contributed by atoms with van der Waals surface area (Å²) in [5, 5.41) is 9.79. The van der Waals surface area contributed by atoms with Gasteiger partial charge in [-0.25, -0.2) is 22.6 Å². The largest absolute Gasteiger partial charge is 0.255 e. The summed E-state index contributed by atoms with van der Waals surface area (Å²) in [4.78, 5) is 4.33. The van der Waals surface area contributed by atoms with Crippen molar-refractivity contribution in [3.8, 4) is 28.3 Å². The molecule has 140 valence electrons. The van der Waals surface area contributed by atoms with Crippen molar-refractivity contribution in [1.29, 1.82) is 0 Å². The Morgan fingerprint density at radius 1 is 0.893 bits per heavy atom. The van der Waals surface area contributed by atoms with E-state index in [0.29, 0.717) is 22.8 Å². The first-order valence-corrected chi connectivity index (χ1v) is 9.87. The lowest BCUT2D eigenvalue weighted by molar-refractivity contribution is 0.597. The number of hydrogen-bond donors (Lipinski definition) is 1. The average molecular weight is 394 g/mol. The van der Waals surface area contributed by atoms with Crippen molar-refractivity contribution in [2.24, 2.45) is 5.14 Å². The van der Waals surface area contributed by atoms with Crippen LogP contribution in [0.4, 0.5) is 4.39 Å². The summed E-state index contributed by atoms with van der Waals surface area (Å²) < 4.78 is 38.0. The number of hydrogen-bond acceptors (Lipinski definition) is 4. The first-order chi connectivity index (χ1) is 13.4. The van der Waals surface area contributed by atoms with Crippen LogP contribution in [0.1, 0.15) is 0 Å². The Morgan fingerprint density at radius 2 is 1.61 bits per heavy atom. The molecular formula is C20H15FN4O2S. The Labute approximate surface area is 161 Å². The molecule has 2 aromatic carbocycles. The molecule has 2 heterocycles. The van der Waals surface area contributed by atoms with Gasteiger partial charge in [-0.2, -0.15) is 5.10 Å². The Bertz CT molecular complexity index is 1220. The third-order valence-corrected chi connectivity index (χ3v) is 5.12. The monoisotopic (exact) mass is 394 g/mol. The zero-order chi connectivity index (χ0) is 19.7. The molecule has 0 saturated carbocycles. The van der Waals surface area contributed by atoms with E-state index in [1.165, 1.54) is 24.3 Å². The molecule has 6 nitrogen and oxygen atoms in total. The highest BCUT2D eigenvalue weighted by molar-refractivity contribution is 7.89. The quantitative estimate of drug-likeness (QED) is 0.574. The molecule has 0 unspecified atom stereocenters. The molecule has 0 radical (unpaired) electrons. The molecule has 0 saturated heterocycles. The maximum atomic E-state index is 13.4.